The second-order valence-electron chi connectivity index (χ2n) is 5.72. The average Bonchev–Trinajstić information content (AvgIpc) is 2.49. The van der Waals surface area contributed by atoms with Crippen LogP contribution in [-0.4, -0.2) is 30.6 Å². The van der Waals surface area contributed by atoms with Crippen molar-refractivity contribution in [2.45, 2.75) is 45.2 Å². The number of piperidine rings is 1. The van der Waals surface area contributed by atoms with E-state index >= 15 is 0 Å². The molecule has 1 aromatic rings. The summed E-state index contributed by atoms with van der Waals surface area (Å²) in [6, 6.07) is 10.8. The Kier molecular flexibility index (Phi) is 6.04. The molecular formula is C17H25N3. The Bertz CT molecular complexity index is 450. The number of likely N-dealkylation sites (tertiary alicyclic amines) is 1. The summed E-state index contributed by atoms with van der Waals surface area (Å²) in [5.74, 6) is 0. The average molecular weight is 271 g/mol. The van der Waals surface area contributed by atoms with Crippen molar-refractivity contribution in [2.24, 2.45) is 0 Å². The molecule has 108 valence electrons. The standard InChI is InChI=1S/C17H25N3/c1-15-6-2-3-10-20(15)11-5-9-19-14-17-8-4-7-16(12-17)13-18/h4,7-8,12,15,19H,2-3,5-6,9-11,14H2,1H3. The number of benzene rings is 1. The molecule has 1 atom stereocenters. The zero-order valence-corrected chi connectivity index (χ0v) is 12.4. The summed E-state index contributed by atoms with van der Waals surface area (Å²) in [6.07, 6.45) is 5.31. The van der Waals surface area contributed by atoms with Gasteiger partial charge in [-0.2, -0.15) is 5.26 Å². The van der Waals surface area contributed by atoms with Gasteiger partial charge in [0.25, 0.3) is 0 Å². The van der Waals surface area contributed by atoms with Gasteiger partial charge in [-0.1, -0.05) is 18.6 Å². The van der Waals surface area contributed by atoms with Gasteiger partial charge in [0.15, 0.2) is 0 Å². The minimum atomic E-state index is 0.742. The Labute approximate surface area is 122 Å². The monoisotopic (exact) mass is 271 g/mol. The fourth-order valence-corrected chi connectivity index (χ4v) is 2.88. The fraction of sp³-hybridized carbons (Fsp3) is 0.588. The van der Waals surface area contributed by atoms with Crippen LogP contribution in [0.15, 0.2) is 24.3 Å². The minimum Gasteiger partial charge on any atom is -0.313 e. The van der Waals surface area contributed by atoms with Crippen molar-refractivity contribution in [3.8, 4) is 6.07 Å². The van der Waals surface area contributed by atoms with Gasteiger partial charge in [-0.3, -0.25) is 0 Å². The summed E-state index contributed by atoms with van der Waals surface area (Å²) in [5, 5.41) is 12.3. The first-order valence-corrected chi connectivity index (χ1v) is 7.73. The molecule has 0 bridgehead atoms. The normalized spacial score (nSPS) is 19.7. The molecule has 1 N–H and O–H groups in total. The van der Waals surface area contributed by atoms with E-state index in [0.29, 0.717) is 0 Å². The molecule has 1 heterocycles. The van der Waals surface area contributed by atoms with Crippen molar-refractivity contribution in [3.63, 3.8) is 0 Å². The van der Waals surface area contributed by atoms with Crippen LogP contribution in [0.2, 0.25) is 0 Å². The molecule has 0 spiro atoms. The van der Waals surface area contributed by atoms with Crippen molar-refractivity contribution in [3.05, 3.63) is 35.4 Å². The van der Waals surface area contributed by atoms with Gasteiger partial charge in [-0.25, -0.2) is 0 Å². The molecule has 0 amide bonds. The highest BCUT2D eigenvalue weighted by molar-refractivity contribution is 5.32. The van der Waals surface area contributed by atoms with Crippen LogP contribution >= 0.6 is 0 Å². The molecule has 1 unspecified atom stereocenters. The van der Waals surface area contributed by atoms with E-state index in [1.54, 1.807) is 0 Å². The second-order valence-corrected chi connectivity index (χ2v) is 5.72. The number of rotatable bonds is 6. The summed E-state index contributed by atoms with van der Waals surface area (Å²) >= 11 is 0. The number of hydrogen-bond donors (Lipinski definition) is 1. The molecule has 3 nitrogen and oxygen atoms in total. The van der Waals surface area contributed by atoms with Gasteiger partial charge in [-0.15, -0.1) is 0 Å². The van der Waals surface area contributed by atoms with Crippen LogP contribution in [0.25, 0.3) is 0 Å². The maximum absolute atomic E-state index is 8.86. The Morgan fingerprint density at radius 3 is 3.10 bits per heavy atom. The SMILES string of the molecule is CC1CCCCN1CCCNCc1cccc(C#N)c1. The highest BCUT2D eigenvalue weighted by Gasteiger charge is 2.16. The lowest BCUT2D eigenvalue weighted by atomic mass is 10.0. The van der Waals surface area contributed by atoms with Gasteiger partial charge in [-0.05, 0) is 63.5 Å². The number of nitriles is 1. The summed E-state index contributed by atoms with van der Waals surface area (Å²) in [6.45, 7) is 6.71. The third-order valence-electron chi connectivity index (χ3n) is 4.12. The number of nitrogens with zero attached hydrogens (tertiary/aromatic N) is 2. The van der Waals surface area contributed by atoms with E-state index in [4.69, 9.17) is 5.26 Å². The Hall–Kier alpha value is -1.37. The Morgan fingerprint density at radius 1 is 1.40 bits per heavy atom. The number of nitrogens with one attached hydrogen (secondary N) is 1. The van der Waals surface area contributed by atoms with Crippen LogP contribution in [0.5, 0.6) is 0 Å². The quantitative estimate of drug-likeness (QED) is 0.809. The molecule has 1 aliphatic heterocycles. The first kappa shape index (κ1) is 15.0. The lowest BCUT2D eigenvalue weighted by Crippen LogP contribution is -2.38. The van der Waals surface area contributed by atoms with Gasteiger partial charge in [0.1, 0.15) is 0 Å². The van der Waals surface area contributed by atoms with Gasteiger partial charge in [0.2, 0.25) is 0 Å². The molecule has 0 aliphatic carbocycles. The van der Waals surface area contributed by atoms with Gasteiger partial charge < -0.3 is 10.2 Å². The van der Waals surface area contributed by atoms with E-state index in [1.165, 1.54) is 44.3 Å². The molecule has 3 heteroatoms. The van der Waals surface area contributed by atoms with Crippen molar-refractivity contribution in [1.82, 2.24) is 10.2 Å². The second kappa shape index (κ2) is 8.04. The first-order chi connectivity index (χ1) is 9.79. The van der Waals surface area contributed by atoms with Crippen LogP contribution < -0.4 is 5.32 Å². The van der Waals surface area contributed by atoms with E-state index in [2.05, 4.69) is 29.3 Å². The molecular weight excluding hydrogens is 246 g/mol. The van der Waals surface area contributed by atoms with Crippen LogP contribution in [0.4, 0.5) is 0 Å². The predicted octanol–water partition coefficient (Wildman–Crippen LogP) is 2.91. The van der Waals surface area contributed by atoms with E-state index in [0.717, 1.165) is 24.7 Å². The van der Waals surface area contributed by atoms with E-state index < -0.39 is 0 Å². The highest BCUT2D eigenvalue weighted by atomic mass is 15.2. The lowest BCUT2D eigenvalue weighted by Gasteiger charge is -2.33. The molecule has 1 saturated heterocycles. The third-order valence-corrected chi connectivity index (χ3v) is 4.12. The highest BCUT2D eigenvalue weighted by Crippen LogP contribution is 2.16. The molecule has 0 aromatic heterocycles. The van der Waals surface area contributed by atoms with Gasteiger partial charge in [0, 0.05) is 12.6 Å². The van der Waals surface area contributed by atoms with Crippen LogP contribution in [0, 0.1) is 11.3 Å². The molecule has 20 heavy (non-hydrogen) atoms. The van der Waals surface area contributed by atoms with E-state index in [9.17, 15) is 0 Å². The van der Waals surface area contributed by atoms with Crippen molar-refractivity contribution < 1.29 is 0 Å². The minimum absolute atomic E-state index is 0.742. The zero-order chi connectivity index (χ0) is 14.2. The summed E-state index contributed by atoms with van der Waals surface area (Å²) in [4.78, 5) is 2.61. The molecule has 1 aromatic carbocycles. The van der Waals surface area contributed by atoms with Crippen LogP contribution in [0.1, 0.15) is 43.7 Å². The van der Waals surface area contributed by atoms with Crippen molar-refractivity contribution in [1.29, 1.82) is 5.26 Å². The van der Waals surface area contributed by atoms with Crippen molar-refractivity contribution in [2.75, 3.05) is 19.6 Å². The molecule has 1 fully saturated rings. The topological polar surface area (TPSA) is 39.1 Å². The molecule has 2 rings (SSSR count). The van der Waals surface area contributed by atoms with Crippen molar-refractivity contribution >= 4 is 0 Å². The van der Waals surface area contributed by atoms with Gasteiger partial charge in [0.05, 0.1) is 11.6 Å². The zero-order valence-electron chi connectivity index (χ0n) is 12.4. The Balaban J connectivity index is 1.62. The smallest absolute Gasteiger partial charge is 0.0991 e. The van der Waals surface area contributed by atoms with Crippen LogP contribution in [-0.2, 0) is 6.54 Å². The van der Waals surface area contributed by atoms with Crippen LogP contribution in [0.3, 0.4) is 0 Å². The van der Waals surface area contributed by atoms with E-state index in [1.807, 2.05) is 18.2 Å². The molecule has 1 aliphatic rings. The summed E-state index contributed by atoms with van der Waals surface area (Å²) < 4.78 is 0. The third kappa shape index (κ3) is 4.63. The summed E-state index contributed by atoms with van der Waals surface area (Å²) in [7, 11) is 0. The largest absolute Gasteiger partial charge is 0.313 e. The number of hydrogen-bond acceptors (Lipinski definition) is 3. The summed E-state index contributed by atoms with van der Waals surface area (Å²) in [5.41, 5.74) is 1.93. The maximum atomic E-state index is 8.86. The Morgan fingerprint density at radius 2 is 2.30 bits per heavy atom. The maximum Gasteiger partial charge on any atom is 0.0991 e. The van der Waals surface area contributed by atoms with E-state index in [-0.39, 0.29) is 0 Å². The van der Waals surface area contributed by atoms with Gasteiger partial charge >= 0.3 is 0 Å². The lowest BCUT2D eigenvalue weighted by molar-refractivity contribution is 0.159. The molecule has 0 radical (unpaired) electrons. The molecule has 0 saturated carbocycles. The fourth-order valence-electron chi connectivity index (χ4n) is 2.88. The first-order valence-electron chi connectivity index (χ1n) is 7.73. The predicted molar refractivity (Wildman–Crippen MR) is 82.4 cm³/mol.